The Balaban J connectivity index is 0.00000200. The molecule has 1 heterocycles. The Bertz CT molecular complexity index is 453. The number of hydrogen-bond donors (Lipinski definition) is 1. The van der Waals surface area contributed by atoms with E-state index in [2.05, 4.69) is 0 Å². The van der Waals surface area contributed by atoms with Crippen LogP contribution in [0.5, 0.6) is 0 Å². The number of ether oxygens (including phenoxy) is 1. The fraction of sp³-hybridized carbons (Fsp3) is 0.429. The molecule has 1 saturated heterocycles. The molecule has 2 N–H and O–H groups in total. The first-order chi connectivity index (χ1) is 9.18. The molecule has 2 rings (SSSR count). The van der Waals surface area contributed by atoms with E-state index in [-0.39, 0.29) is 24.9 Å². The summed E-state index contributed by atoms with van der Waals surface area (Å²) in [5, 5.41) is 0. The Morgan fingerprint density at radius 1 is 1.30 bits per heavy atom. The maximum Gasteiger partial charge on any atom is 0.416 e. The number of nitrogens with zero attached hydrogens (tertiary/aromatic N) is 1. The van der Waals surface area contributed by atoms with Crippen molar-refractivity contribution in [1.82, 2.24) is 4.90 Å². The second kappa shape index (κ2) is 7.87. The standard InChI is InChI=1S/C14H18N2O3.ClH/c15-12-8-4-5-9-16(13(12)17)14(18)19-10-11-6-2-1-3-7-11;/h1-3,6-7,12H,4-5,8-10,15H2;1H. The van der Waals surface area contributed by atoms with Crippen LogP contribution < -0.4 is 5.73 Å². The molecule has 1 aromatic carbocycles. The lowest BCUT2D eigenvalue weighted by molar-refractivity contribution is -0.130. The van der Waals surface area contributed by atoms with Crippen LogP contribution in [0.2, 0.25) is 0 Å². The van der Waals surface area contributed by atoms with Crippen molar-refractivity contribution in [2.24, 2.45) is 5.73 Å². The van der Waals surface area contributed by atoms with Gasteiger partial charge in [-0.2, -0.15) is 0 Å². The van der Waals surface area contributed by atoms with Gasteiger partial charge in [0.1, 0.15) is 6.61 Å². The van der Waals surface area contributed by atoms with Gasteiger partial charge in [0, 0.05) is 6.54 Å². The molecule has 20 heavy (non-hydrogen) atoms. The summed E-state index contributed by atoms with van der Waals surface area (Å²) in [7, 11) is 0. The van der Waals surface area contributed by atoms with Crippen LogP contribution in [0.1, 0.15) is 24.8 Å². The summed E-state index contributed by atoms with van der Waals surface area (Å²) in [6, 6.07) is 8.77. The highest BCUT2D eigenvalue weighted by molar-refractivity contribution is 5.95. The maximum absolute atomic E-state index is 11.9. The van der Waals surface area contributed by atoms with Gasteiger partial charge < -0.3 is 10.5 Å². The molecule has 0 radical (unpaired) electrons. The fourth-order valence-electron chi connectivity index (χ4n) is 2.05. The summed E-state index contributed by atoms with van der Waals surface area (Å²) in [6.07, 6.45) is 1.66. The number of benzene rings is 1. The van der Waals surface area contributed by atoms with Crippen LogP contribution >= 0.6 is 12.4 Å². The molecule has 1 atom stereocenters. The minimum absolute atomic E-state index is 0. The molecule has 5 nitrogen and oxygen atoms in total. The minimum atomic E-state index is -0.605. The number of amides is 2. The van der Waals surface area contributed by atoms with Crippen molar-refractivity contribution in [3.63, 3.8) is 0 Å². The molecule has 1 aliphatic heterocycles. The van der Waals surface area contributed by atoms with Crippen molar-refractivity contribution < 1.29 is 14.3 Å². The Labute approximate surface area is 124 Å². The molecule has 0 aliphatic carbocycles. The van der Waals surface area contributed by atoms with Gasteiger partial charge >= 0.3 is 6.09 Å². The predicted molar refractivity (Wildman–Crippen MR) is 77.4 cm³/mol. The summed E-state index contributed by atoms with van der Waals surface area (Å²) in [5.41, 5.74) is 6.61. The van der Waals surface area contributed by atoms with Crippen LogP contribution in [-0.4, -0.2) is 29.5 Å². The molecule has 0 aromatic heterocycles. The second-order valence-corrected chi connectivity index (χ2v) is 4.63. The average molecular weight is 299 g/mol. The third-order valence-electron chi connectivity index (χ3n) is 3.16. The molecular weight excluding hydrogens is 280 g/mol. The van der Waals surface area contributed by atoms with Gasteiger partial charge in [-0.3, -0.25) is 4.79 Å². The quantitative estimate of drug-likeness (QED) is 0.907. The van der Waals surface area contributed by atoms with Gasteiger partial charge in [0.2, 0.25) is 5.91 Å². The van der Waals surface area contributed by atoms with Gasteiger partial charge in [0.05, 0.1) is 6.04 Å². The normalized spacial score (nSPS) is 18.9. The molecule has 1 aliphatic rings. The van der Waals surface area contributed by atoms with Gasteiger partial charge in [-0.1, -0.05) is 30.3 Å². The van der Waals surface area contributed by atoms with Gasteiger partial charge in [-0.15, -0.1) is 12.4 Å². The monoisotopic (exact) mass is 298 g/mol. The van der Waals surface area contributed by atoms with Crippen LogP contribution in [0.3, 0.4) is 0 Å². The van der Waals surface area contributed by atoms with Crippen LogP contribution in [-0.2, 0) is 16.1 Å². The van der Waals surface area contributed by atoms with E-state index in [1.165, 1.54) is 0 Å². The van der Waals surface area contributed by atoms with Gasteiger partial charge in [0.25, 0.3) is 0 Å². The number of imide groups is 1. The van der Waals surface area contributed by atoms with Gasteiger partial charge in [-0.05, 0) is 24.8 Å². The zero-order valence-corrected chi connectivity index (χ0v) is 12.0. The van der Waals surface area contributed by atoms with Crippen molar-refractivity contribution in [3.05, 3.63) is 35.9 Å². The first-order valence-corrected chi connectivity index (χ1v) is 6.46. The summed E-state index contributed by atoms with van der Waals surface area (Å²) in [5.74, 6) is -0.337. The highest BCUT2D eigenvalue weighted by atomic mass is 35.5. The molecule has 1 aromatic rings. The van der Waals surface area contributed by atoms with Crippen LogP contribution in [0.15, 0.2) is 30.3 Å². The third-order valence-corrected chi connectivity index (χ3v) is 3.16. The molecule has 1 unspecified atom stereocenters. The SMILES string of the molecule is Cl.NC1CCCCN(C(=O)OCc2ccccc2)C1=O. The van der Waals surface area contributed by atoms with E-state index in [1.54, 1.807) is 0 Å². The third kappa shape index (κ3) is 4.21. The molecule has 110 valence electrons. The largest absolute Gasteiger partial charge is 0.444 e. The first kappa shape index (κ1) is 16.5. The zero-order valence-electron chi connectivity index (χ0n) is 11.2. The number of hydrogen-bond acceptors (Lipinski definition) is 4. The molecule has 6 heteroatoms. The fourth-order valence-corrected chi connectivity index (χ4v) is 2.05. The lowest BCUT2D eigenvalue weighted by Crippen LogP contribution is -2.45. The highest BCUT2D eigenvalue weighted by Gasteiger charge is 2.29. The molecule has 1 fully saturated rings. The van der Waals surface area contributed by atoms with Crippen molar-refractivity contribution in [3.8, 4) is 0 Å². The highest BCUT2D eigenvalue weighted by Crippen LogP contribution is 2.12. The molecule has 0 saturated carbocycles. The smallest absolute Gasteiger partial charge is 0.416 e. The molecule has 0 spiro atoms. The number of nitrogens with two attached hydrogens (primary N) is 1. The van der Waals surface area contributed by atoms with Gasteiger partial charge in [0.15, 0.2) is 0 Å². The summed E-state index contributed by atoms with van der Waals surface area (Å²) in [6.45, 7) is 0.554. The van der Waals surface area contributed by atoms with E-state index in [1.807, 2.05) is 30.3 Å². The number of likely N-dealkylation sites (tertiary alicyclic amines) is 1. The second-order valence-electron chi connectivity index (χ2n) is 4.63. The molecule has 2 amide bonds. The zero-order chi connectivity index (χ0) is 13.7. The van der Waals surface area contributed by atoms with Gasteiger partial charge in [-0.25, -0.2) is 9.69 Å². The molecule has 0 bridgehead atoms. The summed E-state index contributed by atoms with van der Waals surface area (Å²) < 4.78 is 5.15. The lowest BCUT2D eigenvalue weighted by Gasteiger charge is -2.20. The number of rotatable bonds is 2. The number of carbonyl (C=O) groups excluding carboxylic acids is 2. The van der Waals surface area contributed by atoms with E-state index in [0.29, 0.717) is 13.0 Å². The summed E-state index contributed by atoms with van der Waals surface area (Å²) in [4.78, 5) is 24.9. The van der Waals surface area contributed by atoms with E-state index < -0.39 is 12.1 Å². The molecular formula is C14H19ClN2O3. The Morgan fingerprint density at radius 2 is 2.00 bits per heavy atom. The van der Waals surface area contributed by atoms with Crippen molar-refractivity contribution >= 4 is 24.4 Å². The van der Waals surface area contributed by atoms with Crippen molar-refractivity contribution in [1.29, 1.82) is 0 Å². The predicted octanol–water partition coefficient (Wildman–Crippen LogP) is 2.08. The average Bonchev–Trinajstić information content (AvgIpc) is 2.60. The topological polar surface area (TPSA) is 72.6 Å². The van der Waals surface area contributed by atoms with Crippen molar-refractivity contribution in [2.75, 3.05) is 6.54 Å². The Morgan fingerprint density at radius 3 is 2.70 bits per heavy atom. The van der Waals surface area contributed by atoms with E-state index in [9.17, 15) is 9.59 Å². The van der Waals surface area contributed by atoms with Crippen LogP contribution in [0.25, 0.3) is 0 Å². The van der Waals surface area contributed by atoms with E-state index in [0.717, 1.165) is 23.3 Å². The lowest BCUT2D eigenvalue weighted by atomic mass is 10.1. The number of carbonyl (C=O) groups is 2. The number of halogens is 1. The summed E-state index contributed by atoms with van der Waals surface area (Å²) >= 11 is 0. The van der Waals surface area contributed by atoms with E-state index >= 15 is 0 Å². The first-order valence-electron chi connectivity index (χ1n) is 6.46. The maximum atomic E-state index is 11.9. The van der Waals surface area contributed by atoms with E-state index in [4.69, 9.17) is 10.5 Å². The Kier molecular flexibility index (Phi) is 6.48. The van der Waals surface area contributed by atoms with Crippen LogP contribution in [0.4, 0.5) is 4.79 Å². The Hall–Kier alpha value is -1.59. The minimum Gasteiger partial charge on any atom is -0.444 e. The van der Waals surface area contributed by atoms with Crippen molar-refractivity contribution in [2.45, 2.75) is 31.9 Å². The van der Waals surface area contributed by atoms with Crippen LogP contribution in [0, 0.1) is 0 Å².